The molecule has 3 aromatic rings. The van der Waals surface area contributed by atoms with Gasteiger partial charge in [-0.2, -0.15) is 13.2 Å². The van der Waals surface area contributed by atoms with Crippen LogP contribution < -0.4 is 5.32 Å². The summed E-state index contributed by atoms with van der Waals surface area (Å²) in [7, 11) is 0. The molecule has 0 aliphatic heterocycles. The molecule has 1 unspecified atom stereocenters. The fourth-order valence-electron chi connectivity index (χ4n) is 3.95. The van der Waals surface area contributed by atoms with E-state index in [1.54, 1.807) is 6.07 Å². The van der Waals surface area contributed by atoms with Gasteiger partial charge in [0.15, 0.2) is 0 Å². The SMILES string of the molecule is C[C@@H](NC1CCCc2c1[nH]c1ccc(C(F)(F)F)cc21)c1ccccc1. The Morgan fingerprint density at radius 1 is 1.12 bits per heavy atom. The van der Waals surface area contributed by atoms with Crippen LogP contribution in [0.3, 0.4) is 0 Å². The third-order valence-electron chi connectivity index (χ3n) is 5.29. The molecule has 26 heavy (non-hydrogen) atoms. The van der Waals surface area contributed by atoms with Crippen LogP contribution in [0.15, 0.2) is 48.5 Å². The maximum absolute atomic E-state index is 13.1. The maximum Gasteiger partial charge on any atom is 0.416 e. The monoisotopic (exact) mass is 358 g/mol. The lowest BCUT2D eigenvalue weighted by Gasteiger charge is -2.27. The molecule has 0 bridgehead atoms. The summed E-state index contributed by atoms with van der Waals surface area (Å²) >= 11 is 0. The van der Waals surface area contributed by atoms with E-state index in [9.17, 15) is 13.2 Å². The van der Waals surface area contributed by atoms with Crippen molar-refractivity contribution in [3.05, 3.63) is 70.9 Å². The Balaban J connectivity index is 1.68. The minimum absolute atomic E-state index is 0.121. The minimum atomic E-state index is -4.31. The number of benzene rings is 2. The molecule has 1 aromatic heterocycles. The second-order valence-corrected chi connectivity index (χ2v) is 7.02. The number of aryl methyl sites for hydroxylation is 1. The van der Waals surface area contributed by atoms with Gasteiger partial charge in [0.1, 0.15) is 0 Å². The summed E-state index contributed by atoms with van der Waals surface area (Å²) in [4.78, 5) is 3.37. The van der Waals surface area contributed by atoms with E-state index in [4.69, 9.17) is 0 Å². The van der Waals surface area contributed by atoms with E-state index in [1.165, 1.54) is 11.6 Å². The van der Waals surface area contributed by atoms with Crippen LogP contribution >= 0.6 is 0 Å². The number of nitrogens with one attached hydrogen (secondary N) is 2. The number of aromatic nitrogens is 1. The van der Waals surface area contributed by atoms with Crippen LogP contribution in [0.1, 0.15) is 54.2 Å². The van der Waals surface area contributed by atoms with Gasteiger partial charge in [-0.25, -0.2) is 0 Å². The quantitative estimate of drug-likeness (QED) is 0.598. The fourth-order valence-corrected chi connectivity index (χ4v) is 3.95. The molecule has 1 heterocycles. The number of aromatic amines is 1. The molecule has 5 heteroatoms. The maximum atomic E-state index is 13.1. The molecule has 0 saturated heterocycles. The number of alkyl halides is 3. The summed E-state index contributed by atoms with van der Waals surface area (Å²) in [5.41, 5.74) is 3.46. The van der Waals surface area contributed by atoms with Crippen LogP contribution in [0.4, 0.5) is 13.2 Å². The molecule has 2 aromatic carbocycles. The van der Waals surface area contributed by atoms with Gasteiger partial charge in [-0.1, -0.05) is 30.3 Å². The van der Waals surface area contributed by atoms with Crippen LogP contribution in [0.2, 0.25) is 0 Å². The Morgan fingerprint density at radius 3 is 2.62 bits per heavy atom. The highest BCUT2D eigenvalue weighted by molar-refractivity contribution is 5.86. The highest BCUT2D eigenvalue weighted by Gasteiger charge is 2.32. The molecule has 1 aliphatic carbocycles. The summed E-state index contributed by atoms with van der Waals surface area (Å²) in [5.74, 6) is 0. The first-order valence-electron chi connectivity index (χ1n) is 8.96. The Kier molecular flexibility index (Phi) is 4.27. The van der Waals surface area contributed by atoms with Gasteiger partial charge >= 0.3 is 6.18 Å². The van der Waals surface area contributed by atoms with Crippen molar-refractivity contribution in [1.82, 2.24) is 10.3 Å². The first-order valence-corrected chi connectivity index (χ1v) is 8.96. The van der Waals surface area contributed by atoms with Crippen molar-refractivity contribution in [2.45, 2.75) is 44.4 Å². The second-order valence-electron chi connectivity index (χ2n) is 7.02. The highest BCUT2D eigenvalue weighted by Crippen LogP contribution is 2.38. The Labute approximate surface area is 150 Å². The number of hydrogen-bond donors (Lipinski definition) is 2. The van der Waals surface area contributed by atoms with Crippen molar-refractivity contribution < 1.29 is 13.2 Å². The molecule has 0 spiro atoms. The predicted octanol–water partition coefficient (Wildman–Crippen LogP) is 5.91. The number of halogens is 3. The molecular weight excluding hydrogens is 337 g/mol. The number of fused-ring (bicyclic) bond motifs is 3. The number of rotatable bonds is 3. The lowest BCUT2D eigenvalue weighted by atomic mass is 9.90. The second kappa shape index (κ2) is 6.47. The summed E-state index contributed by atoms with van der Waals surface area (Å²) < 4.78 is 39.2. The highest BCUT2D eigenvalue weighted by atomic mass is 19.4. The van der Waals surface area contributed by atoms with Gasteiger partial charge < -0.3 is 10.3 Å². The van der Waals surface area contributed by atoms with Crippen LogP contribution in [-0.4, -0.2) is 4.98 Å². The van der Waals surface area contributed by atoms with Crippen LogP contribution in [-0.2, 0) is 12.6 Å². The summed E-state index contributed by atoms with van der Waals surface area (Å²) in [6, 6.07) is 14.5. The van der Waals surface area contributed by atoms with Crippen molar-refractivity contribution >= 4 is 10.9 Å². The van der Waals surface area contributed by atoms with E-state index in [-0.39, 0.29) is 12.1 Å². The fraction of sp³-hybridized carbons (Fsp3) is 0.333. The molecule has 136 valence electrons. The first kappa shape index (κ1) is 17.2. The van der Waals surface area contributed by atoms with Crippen molar-refractivity contribution in [3.63, 3.8) is 0 Å². The lowest BCUT2D eigenvalue weighted by Crippen LogP contribution is -2.27. The van der Waals surface area contributed by atoms with Crippen molar-refractivity contribution in [2.75, 3.05) is 0 Å². The summed E-state index contributed by atoms with van der Waals surface area (Å²) in [6.45, 7) is 2.12. The lowest BCUT2D eigenvalue weighted by molar-refractivity contribution is -0.137. The molecule has 4 rings (SSSR count). The van der Waals surface area contributed by atoms with Crippen molar-refractivity contribution in [3.8, 4) is 0 Å². The van der Waals surface area contributed by atoms with Gasteiger partial charge in [0, 0.05) is 28.7 Å². The van der Waals surface area contributed by atoms with Gasteiger partial charge in [-0.3, -0.25) is 0 Å². The van der Waals surface area contributed by atoms with Gasteiger partial charge in [-0.15, -0.1) is 0 Å². The third kappa shape index (κ3) is 3.12. The number of hydrogen-bond acceptors (Lipinski definition) is 1. The average molecular weight is 358 g/mol. The molecule has 1 aliphatic rings. The van der Waals surface area contributed by atoms with Gasteiger partial charge in [0.05, 0.1) is 5.56 Å². The Hall–Kier alpha value is -2.27. The number of H-pyrrole nitrogens is 1. The molecule has 0 fully saturated rings. The Morgan fingerprint density at radius 2 is 1.88 bits per heavy atom. The largest absolute Gasteiger partial charge is 0.416 e. The van der Waals surface area contributed by atoms with Crippen LogP contribution in [0, 0.1) is 0 Å². The van der Waals surface area contributed by atoms with E-state index < -0.39 is 11.7 Å². The zero-order chi connectivity index (χ0) is 18.3. The Bertz CT molecular complexity index is 912. The molecule has 0 amide bonds. The van der Waals surface area contributed by atoms with E-state index in [0.717, 1.165) is 42.1 Å². The smallest absolute Gasteiger partial charge is 0.357 e. The standard InChI is InChI=1S/C21H21F3N2/c1-13(14-6-3-2-4-7-14)25-19-9-5-8-16-17-12-15(21(22,23)24)10-11-18(17)26-20(16)19/h2-4,6-7,10-13,19,25-26H,5,8-9H2,1H3/t13-,19?/m1/s1. The molecule has 2 nitrogen and oxygen atoms in total. The van der Waals surface area contributed by atoms with E-state index in [2.05, 4.69) is 29.4 Å². The van der Waals surface area contributed by atoms with E-state index in [0.29, 0.717) is 5.39 Å². The molecule has 0 radical (unpaired) electrons. The van der Waals surface area contributed by atoms with E-state index in [1.807, 2.05) is 18.2 Å². The molecular formula is C21H21F3N2. The zero-order valence-electron chi connectivity index (χ0n) is 14.5. The first-order chi connectivity index (χ1) is 12.4. The average Bonchev–Trinajstić information content (AvgIpc) is 3.01. The summed E-state index contributed by atoms with van der Waals surface area (Å²) in [6.07, 6.45) is -1.56. The normalized spacial score (nSPS) is 18.7. The van der Waals surface area contributed by atoms with Gasteiger partial charge in [0.2, 0.25) is 0 Å². The molecule has 0 saturated carbocycles. The van der Waals surface area contributed by atoms with Crippen molar-refractivity contribution in [1.29, 1.82) is 0 Å². The third-order valence-corrected chi connectivity index (χ3v) is 5.29. The predicted molar refractivity (Wildman–Crippen MR) is 97.0 cm³/mol. The zero-order valence-corrected chi connectivity index (χ0v) is 14.5. The van der Waals surface area contributed by atoms with Crippen LogP contribution in [0.5, 0.6) is 0 Å². The summed E-state index contributed by atoms with van der Waals surface area (Å²) in [5, 5.41) is 4.35. The van der Waals surface area contributed by atoms with E-state index >= 15 is 0 Å². The topological polar surface area (TPSA) is 27.8 Å². The molecule has 2 atom stereocenters. The van der Waals surface area contributed by atoms with Crippen LogP contribution in [0.25, 0.3) is 10.9 Å². The van der Waals surface area contributed by atoms with Gasteiger partial charge in [-0.05, 0) is 55.5 Å². The molecule has 2 N–H and O–H groups in total. The minimum Gasteiger partial charge on any atom is -0.357 e. The van der Waals surface area contributed by atoms with Crippen molar-refractivity contribution in [2.24, 2.45) is 0 Å². The van der Waals surface area contributed by atoms with Gasteiger partial charge in [0.25, 0.3) is 0 Å².